The van der Waals surface area contributed by atoms with E-state index in [4.69, 9.17) is 13.8 Å². The summed E-state index contributed by atoms with van der Waals surface area (Å²) in [5, 5.41) is 10.8. The Kier molecular flexibility index (Phi) is 7.64. The molecule has 11 aromatic rings. The number of hydrogen-bond donors (Lipinski definition) is 0. The van der Waals surface area contributed by atoms with E-state index >= 15 is 0 Å². The summed E-state index contributed by atoms with van der Waals surface area (Å²) in [6.45, 7) is 0. The topological polar surface area (TPSA) is 42.4 Å². The van der Waals surface area contributed by atoms with Gasteiger partial charge in [0.25, 0.3) is 0 Å². The first kappa shape index (κ1) is 32.2. The lowest BCUT2D eigenvalue weighted by molar-refractivity contribution is 0.623. The SMILES string of the molecule is c1ccc(-c2nc3ccc4ccc5ccc(N(c6ccc([SiH](c7ccccc7)c7ccccc7)cc6)c6ccc7c(c6)oc6ccccc67)cc5c4c3o2)cc1. The van der Waals surface area contributed by atoms with E-state index in [0.29, 0.717) is 5.89 Å². The molecule has 56 heavy (non-hydrogen) atoms. The van der Waals surface area contributed by atoms with Crippen molar-refractivity contribution in [3.05, 3.63) is 200 Å². The van der Waals surface area contributed by atoms with Gasteiger partial charge in [0, 0.05) is 44.9 Å². The third kappa shape index (κ3) is 5.48. The van der Waals surface area contributed by atoms with E-state index in [1.807, 2.05) is 42.5 Å². The van der Waals surface area contributed by atoms with Crippen molar-refractivity contribution in [2.24, 2.45) is 0 Å². The van der Waals surface area contributed by atoms with Crippen LogP contribution in [0.5, 0.6) is 0 Å². The first-order chi connectivity index (χ1) is 27.7. The third-order valence-corrected chi connectivity index (χ3v) is 14.1. The number of aromatic nitrogens is 1. The van der Waals surface area contributed by atoms with Crippen LogP contribution in [-0.2, 0) is 0 Å². The molecule has 0 spiro atoms. The highest BCUT2D eigenvalue weighted by molar-refractivity contribution is 6.95. The van der Waals surface area contributed by atoms with E-state index < -0.39 is 8.80 Å². The number of hydrogen-bond acceptors (Lipinski definition) is 4. The molecule has 0 saturated heterocycles. The Bertz CT molecular complexity index is 3150. The van der Waals surface area contributed by atoms with Crippen LogP contribution in [0.15, 0.2) is 209 Å². The Balaban J connectivity index is 1.10. The van der Waals surface area contributed by atoms with Gasteiger partial charge < -0.3 is 13.7 Å². The standard InChI is InChI=1S/C51H34N2O2Si/c1-4-12-36(13-5-1)51-52-46-31-23-35-21-20-34-22-24-38(32-45(34)49(35)50(46)55-51)53(39-27-30-44-43-18-10-11-19-47(43)54-48(44)33-39)37-25-28-42(29-26-37)56(40-14-6-2-7-15-40)41-16-8-3-9-17-41/h1-33,56H. The van der Waals surface area contributed by atoms with Crippen LogP contribution in [0, 0.1) is 0 Å². The van der Waals surface area contributed by atoms with Crippen molar-refractivity contribution in [2.75, 3.05) is 4.90 Å². The Labute approximate surface area is 325 Å². The van der Waals surface area contributed by atoms with Crippen LogP contribution in [0.4, 0.5) is 17.1 Å². The molecule has 0 unspecified atom stereocenters. The summed E-state index contributed by atoms with van der Waals surface area (Å²) in [5.74, 6) is 0.620. The van der Waals surface area contributed by atoms with Gasteiger partial charge in [-0.15, -0.1) is 0 Å². The number of anilines is 3. The Morgan fingerprint density at radius 2 is 0.982 bits per heavy atom. The minimum absolute atomic E-state index is 0.620. The molecule has 0 atom stereocenters. The molecule has 0 amide bonds. The summed E-state index contributed by atoms with van der Waals surface area (Å²) in [4.78, 5) is 7.26. The molecule has 5 heteroatoms. The van der Waals surface area contributed by atoms with Crippen molar-refractivity contribution in [1.29, 1.82) is 0 Å². The van der Waals surface area contributed by atoms with Gasteiger partial charge in [0.15, 0.2) is 5.58 Å². The maximum absolute atomic E-state index is 6.60. The highest BCUT2D eigenvalue weighted by atomic mass is 28.3. The zero-order valence-corrected chi connectivity index (χ0v) is 31.5. The van der Waals surface area contributed by atoms with Crippen molar-refractivity contribution >= 4 is 96.0 Å². The second-order valence-corrected chi connectivity index (χ2v) is 17.2. The summed E-state index contributed by atoms with van der Waals surface area (Å²) >= 11 is 0. The fourth-order valence-corrected chi connectivity index (χ4v) is 11.3. The summed E-state index contributed by atoms with van der Waals surface area (Å²) in [6.07, 6.45) is 0. The summed E-state index contributed by atoms with van der Waals surface area (Å²) in [5.41, 5.74) is 7.44. The van der Waals surface area contributed by atoms with E-state index in [0.717, 1.165) is 77.2 Å². The minimum Gasteiger partial charge on any atom is -0.456 e. The first-order valence-electron chi connectivity index (χ1n) is 19.0. The van der Waals surface area contributed by atoms with Gasteiger partial charge in [-0.3, -0.25) is 0 Å². The molecule has 0 bridgehead atoms. The largest absolute Gasteiger partial charge is 0.456 e. The van der Waals surface area contributed by atoms with Gasteiger partial charge in [-0.25, -0.2) is 4.98 Å². The third-order valence-electron chi connectivity index (χ3n) is 11.0. The maximum Gasteiger partial charge on any atom is 0.227 e. The smallest absolute Gasteiger partial charge is 0.227 e. The number of benzene rings is 9. The highest BCUT2D eigenvalue weighted by Gasteiger charge is 2.22. The molecular weight excluding hydrogens is 701 g/mol. The van der Waals surface area contributed by atoms with Crippen molar-refractivity contribution in [3.8, 4) is 11.5 Å². The van der Waals surface area contributed by atoms with Crippen molar-refractivity contribution in [1.82, 2.24) is 4.98 Å². The molecular formula is C51H34N2O2Si. The molecule has 0 aliphatic carbocycles. The highest BCUT2D eigenvalue weighted by Crippen LogP contribution is 2.41. The van der Waals surface area contributed by atoms with Crippen LogP contribution in [0.2, 0.25) is 0 Å². The summed E-state index contributed by atoms with van der Waals surface area (Å²) in [6, 6.07) is 71.4. The fourth-order valence-electron chi connectivity index (χ4n) is 8.34. The van der Waals surface area contributed by atoms with E-state index in [-0.39, 0.29) is 0 Å². The molecule has 9 aromatic carbocycles. The number of furan rings is 1. The Morgan fingerprint density at radius 3 is 1.75 bits per heavy atom. The van der Waals surface area contributed by atoms with E-state index in [9.17, 15) is 0 Å². The van der Waals surface area contributed by atoms with E-state index in [1.165, 1.54) is 15.6 Å². The van der Waals surface area contributed by atoms with Gasteiger partial charge in [-0.2, -0.15) is 0 Å². The van der Waals surface area contributed by atoms with Gasteiger partial charge in [0.1, 0.15) is 25.5 Å². The van der Waals surface area contributed by atoms with Crippen LogP contribution in [0.25, 0.3) is 66.0 Å². The average molecular weight is 735 g/mol. The van der Waals surface area contributed by atoms with Crippen molar-refractivity contribution < 1.29 is 8.83 Å². The quantitative estimate of drug-likeness (QED) is 0.0929. The number of nitrogens with zero attached hydrogens (tertiary/aromatic N) is 2. The fraction of sp³-hybridized carbons (Fsp3) is 0. The van der Waals surface area contributed by atoms with Crippen LogP contribution in [-0.4, -0.2) is 13.8 Å². The van der Waals surface area contributed by atoms with Gasteiger partial charge in [0.05, 0.1) is 0 Å². The van der Waals surface area contributed by atoms with E-state index in [1.54, 1.807) is 0 Å². The minimum atomic E-state index is -1.72. The molecule has 0 fully saturated rings. The van der Waals surface area contributed by atoms with E-state index in [2.05, 4.69) is 163 Å². The van der Waals surface area contributed by atoms with Crippen LogP contribution in [0.3, 0.4) is 0 Å². The molecule has 0 radical (unpaired) electrons. The molecule has 0 N–H and O–H groups in total. The number of para-hydroxylation sites is 1. The number of rotatable bonds is 7. The normalized spacial score (nSPS) is 11.7. The zero-order chi connectivity index (χ0) is 37.0. The summed E-state index contributed by atoms with van der Waals surface area (Å²) < 4.78 is 13.0. The molecule has 2 aromatic heterocycles. The Hall–Kier alpha value is -7.21. The second-order valence-electron chi connectivity index (χ2n) is 14.3. The number of fused-ring (bicyclic) bond motifs is 8. The molecule has 11 rings (SSSR count). The lowest BCUT2D eigenvalue weighted by Gasteiger charge is -2.27. The number of oxazole rings is 1. The van der Waals surface area contributed by atoms with Gasteiger partial charge in [-0.1, -0.05) is 149 Å². The van der Waals surface area contributed by atoms with Crippen LogP contribution in [0.1, 0.15) is 0 Å². The maximum atomic E-state index is 6.60. The van der Waals surface area contributed by atoms with Crippen molar-refractivity contribution in [3.63, 3.8) is 0 Å². The molecule has 0 saturated carbocycles. The summed E-state index contributed by atoms with van der Waals surface area (Å²) in [7, 11) is -1.72. The molecule has 264 valence electrons. The second kappa shape index (κ2) is 13.3. The predicted octanol–water partition coefficient (Wildman–Crippen LogP) is 11.4. The molecule has 0 aliphatic rings. The molecule has 2 heterocycles. The monoisotopic (exact) mass is 734 g/mol. The van der Waals surface area contributed by atoms with Gasteiger partial charge >= 0.3 is 0 Å². The first-order valence-corrected chi connectivity index (χ1v) is 20.7. The van der Waals surface area contributed by atoms with Crippen LogP contribution < -0.4 is 20.5 Å². The lowest BCUT2D eigenvalue weighted by Crippen LogP contribution is -2.51. The zero-order valence-electron chi connectivity index (χ0n) is 30.3. The Morgan fingerprint density at radius 1 is 0.411 bits per heavy atom. The molecule has 0 aliphatic heterocycles. The van der Waals surface area contributed by atoms with Crippen molar-refractivity contribution in [2.45, 2.75) is 0 Å². The van der Waals surface area contributed by atoms with Crippen LogP contribution >= 0.6 is 0 Å². The lowest BCUT2D eigenvalue weighted by atomic mass is 10.00. The molecule has 4 nitrogen and oxygen atoms in total. The van der Waals surface area contributed by atoms with Gasteiger partial charge in [-0.05, 0) is 76.8 Å². The predicted molar refractivity (Wildman–Crippen MR) is 235 cm³/mol. The van der Waals surface area contributed by atoms with Gasteiger partial charge in [0.2, 0.25) is 5.89 Å². The average Bonchev–Trinajstić information content (AvgIpc) is 3.87.